The average Bonchev–Trinajstić information content (AvgIpc) is 3.72. The minimum atomic E-state index is -4.82. The topological polar surface area (TPSA) is 131 Å². The molecule has 0 radical (unpaired) electrons. The molecule has 0 spiro atoms. The number of thiazole rings is 1. The molecule has 0 aliphatic carbocycles. The van der Waals surface area contributed by atoms with E-state index < -0.39 is 71.1 Å². The van der Waals surface area contributed by atoms with Crippen molar-refractivity contribution in [2.24, 2.45) is 0 Å². The smallest absolute Gasteiger partial charge is 0.394 e. The Kier molecular flexibility index (Phi) is 7.88. The number of fused-ring (bicyclic) bond motifs is 1. The van der Waals surface area contributed by atoms with E-state index in [4.69, 9.17) is 27.9 Å². The molecule has 3 aromatic heterocycles. The van der Waals surface area contributed by atoms with Gasteiger partial charge in [0.15, 0.2) is 17.5 Å². The molecular formula is C26H19Cl2F5N6O4S. The minimum Gasteiger partial charge on any atom is -0.394 e. The fraction of sp³-hybridized carbons (Fsp3) is 0.308. The summed E-state index contributed by atoms with van der Waals surface area (Å²) in [6.45, 7) is 0.630. The van der Waals surface area contributed by atoms with Crippen LogP contribution < -0.4 is 0 Å². The zero-order valence-electron chi connectivity index (χ0n) is 22.0. The third-order valence-electron chi connectivity index (χ3n) is 7.18. The van der Waals surface area contributed by atoms with Crippen LogP contribution in [0.4, 0.5) is 22.0 Å². The molecule has 5 atom stereocenters. The van der Waals surface area contributed by atoms with Gasteiger partial charge in [0, 0.05) is 16.8 Å². The van der Waals surface area contributed by atoms with Crippen LogP contribution in [0.3, 0.4) is 0 Å². The fourth-order valence-electron chi connectivity index (χ4n) is 5.22. The Hall–Kier alpha value is -3.25. The molecule has 3 N–H and O–H groups in total. The van der Waals surface area contributed by atoms with E-state index in [2.05, 4.69) is 20.2 Å². The second kappa shape index (κ2) is 11.3. The van der Waals surface area contributed by atoms with Gasteiger partial charge in [-0.1, -0.05) is 23.2 Å². The second-order valence-electron chi connectivity index (χ2n) is 9.89. The highest BCUT2D eigenvalue weighted by Crippen LogP contribution is 2.43. The number of aliphatic hydroxyl groups excluding tert-OH is 3. The first-order chi connectivity index (χ1) is 20.8. The molecule has 18 heteroatoms. The summed E-state index contributed by atoms with van der Waals surface area (Å²) in [5, 5.41) is 40.4. The molecule has 6 rings (SSSR count). The van der Waals surface area contributed by atoms with Crippen molar-refractivity contribution in [3.8, 4) is 16.8 Å². The highest BCUT2D eigenvalue weighted by molar-refractivity contribution is 7.17. The van der Waals surface area contributed by atoms with E-state index in [1.807, 2.05) is 0 Å². The number of halogens is 7. The highest BCUT2D eigenvalue weighted by atomic mass is 35.5. The first-order valence-electron chi connectivity index (χ1n) is 12.7. The summed E-state index contributed by atoms with van der Waals surface area (Å²) in [4.78, 5) is 8.29. The highest BCUT2D eigenvalue weighted by Gasteiger charge is 2.48. The molecule has 1 aliphatic rings. The number of aromatic nitrogens is 6. The van der Waals surface area contributed by atoms with Crippen molar-refractivity contribution >= 4 is 44.8 Å². The van der Waals surface area contributed by atoms with E-state index in [9.17, 15) is 32.9 Å². The van der Waals surface area contributed by atoms with Crippen LogP contribution in [0, 0.1) is 18.6 Å². The van der Waals surface area contributed by atoms with Gasteiger partial charge in [0.25, 0.3) is 0 Å². The monoisotopic (exact) mass is 676 g/mol. The van der Waals surface area contributed by atoms with Gasteiger partial charge in [0.1, 0.15) is 36.3 Å². The van der Waals surface area contributed by atoms with Crippen LogP contribution in [-0.2, 0) is 10.9 Å². The van der Waals surface area contributed by atoms with Crippen LogP contribution in [0.1, 0.15) is 29.4 Å². The Labute approximate surface area is 257 Å². The number of aryl methyl sites for hydroxylation is 1. The van der Waals surface area contributed by atoms with Crippen LogP contribution in [0.2, 0.25) is 10.0 Å². The number of ether oxygens (including phenoxy) is 1. The molecule has 44 heavy (non-hydrogen) atoms. The summed E-state index contributed by atoms with van der Waals surface area (Å²) in [5.41, 5.74) is -0.442. The van der Waals surface area contributed by atoms with Crippen molar-refractivity contribution in [1.29, 1.82) is 0 Å². The number of nitrogens with zero attached hydrogens (tertiary/aromatic N) is 6. The Bertz CT molecular complexity index is 1880. The van der Waals surface area contributed by atoms with Gasteiger partial charge in [0.05, 0.1) is 50.4 Å². The number of hydrogen-bond acceptors (Lipinski definition) is 9. The molecule has 232 valence electrons. The van der Waals surface area contributed by atoms with E-state index in [0.29, 0.717) is 0 Å². The molecule has 0 unspecified atom stereocenters. The lowest BCUT2D eigenvalue weighted by Gasteiger charge is -2.42. The predicted octanol–water partition coefficient (Wildman–Crippen LogP) is 5.05. The van der Waals surface area contributed by atoms with Crippen molar-refractivity contribution in [3.63, 3.8) is 0 Å². The maximum absolute atomic E-state index is 15.1. The standard InChI is InChI=1S/C26H19Cl2F5N6O4S/c1-9-36-25(39(37-9)13-4-11(27)2-3-12(13)26(31,32)33)23-22(42)20(21(41)14(7-40)43-23)38-6-10(5-35-38)15-17(29)18(30)16(28)24-19(15)34-8-44-24/h2-6,8,14,20-23,40-42H,7H2,1H3/t14-,20+,21+,22-,23-/m1/s1. The molecule has 4 heterocycles. The molecular weight excluding hydrogens is 658 g/mol. The first-order valence-corrected chi connectivity index (χ1v) is 14.3. The fourth-order valence-corrected chi connectivity index (χ4v) is 6.42. The third-order valence-corrected chi connectivity index (χ3v) is 8.73. The zero-order valence-corrected chi connectivity index (χ0v) is 24.4. The van der Waals surface area contributed by atoms with Crippen molar-refractivity contribution < 1.29 is 42.0 Å². The molecule has 0 amide bonds. The van der Waals surface area contributed by atoms with Gasteiger partial charge in [0.2, 0.25) is 0 Å². The van der Waals surface area contributed by atoms with E-state index in [1.165, 1.54) is 18.6 Å². The van der Waals surface area contributed by atoms with Crippen molar-refractivity contribution in [2.45, 2.75) is 43.6 Å². The first kappa shape index (κ1) is 30.8. The van der Waals surface area contributed by atoms with E-state index in [1.54, 1.807) is 0 Å². The third kappa shape index (κ3) is 5.03. The Morgan fingerprint density at radius 2 is 1.86 bits per heavy atom. The lowest BCUT2D eigenvalue weighted by atomic mass is 9.92. The van der Waals surface area contributed by atoms with Gasteiger partial charge in [-0.15, -0.1) is 11.3 Å². The zero-order chi connectivity index (χ0) is 31.7. The summed E-state index contributed by atoms with van der Waals surface area (Å²) < 4.78 is 79.4. The lowest BCUT2D eigenvalue weighted by Crippen LogP contribution is -2.53. The molecule has 0 saturated carbocycles. The molecule has 0 bridgehead atoms. The van der Waals surface area contributed by atoms with Crippen LogP contribution in [0.25, 0.3) is 27.0 Å². The largest absolute Gasteiger partial charge is 0.418 e. The SMILES string of the molecule is Cc1nc([C@@H]2O[C@H](CO)[C@H](O)[C@H](n3cc(-c4c(F)c(F)c(Cl)c5scnc45)cn3)[C@H]2O)n(-c2cc(Cl)ccc2C(F)(F)F)n1. The van der Waals surface area contributed by atoms with Gasteiger partial charge in [-0.05, 0) is 25.1 Å². The van der Waals surface area contributed by atoms with Gasteiger partial charge in [-0.3, -0.25) is 4.68 Å². The van der Waals surface area contributed by atoms with Gasteiger partial charge in [-0.2, -0.15) is 23.4 Å². The molecule has 1 aliphatic heterocycles. The number of hydrogen-bond donors (Lipinski definition) is 3. The summed E-state index contributed by atoms with van der Waals surface area (Å²) in [6, 6.07) is 1.42. The van der Waals surface area contributed by atoms with Crippen LogP contribution in [0.5, 0.6) is 0 Å². The van der Waals surface area contributed by atoms with Gasteiger partial charge in [-0.25, -0.2) is 23.4 Å². The maximum Gasteiger partial charge on any atom is 0.418 e. The number of alkyl halides is 3. The summed E-state index contributed by atoms with van der Waals surface area (Å²) in [5.74, 6) is -2.87. The van der Waals surface area contributed by atoms with Gasteiger partial charge < -0.3 is 20.1 Å². The Morgan fingerprint density at radius 1 is 1.11 bits per heavy atom. The average molecular weight is 677 g/mol. The quantitative estimate of drug-likeness (QED) is 0.174. The minimum absolute atomic E-state index is 0.0148. The maximum atomic E-state index is 15.1. The second-order valence-corrected chi connectivity index (χ2v) is 11.6. The van der Waals surface area contributed by atoms with E-state index in [-0.39, 0.29) is 38.0 Å². The molecule has 1 fully saturated rings. The summed E-state index contributed by atoms with van der Waals surface area (Å²) in [6.07, 6.45) is -8.79. The normalized spacial score (nSPS) is 22.7. The van der Waals surface area contributed by atoms with Crippen molar-refractivity contribution in [3.05, 3.63) is 75.0 Å². The van der Waals surface area contributed by atoms with Crippen LogP contribution >= 0.6 is 34.5 Å². The Balaban J connectivity index is 1.45. The number of aliphatic hydroxyl groups is 3. The van der Waals surface area contributed by atoms with Crippen molar-refractivity contribution in [2.75, 3.05) is 6.61 Å². The summed E-state index contributed by atoms with van der Waals surface area (Å²) >= 11 is 13.0. The van der Waals surface area contributed by atoms with Gasteiger partial charge >= 0.3 is 6.18 Å². The molecule has 5 aromatic rings. The molecule has 1 saturated heterocycles. The van der Waals surface area contributed by atoms with Crippen LogP contribution in [-0.4, -0.2) is 69.8 Å². The molecule has 2 aromatic carbocycles. The predicted molar refractivity (Wildman–Crippen MR) is 148 cm³/mol. The van der Waals surface area contributed by atoms with Crippen molar-refractivity contribution in [1.82, 2.24) is 29.5 Å². The molecule has 10 nitrogen and oxygen atoms in total. The van der Waals surface area contributed by atoms with Crippen LogP contribution in [0.15, 0.2) is 36.1 Å². The number of benzene rings is 2. The van der Waals surface area contributed by atoms with E-state index >= 15 is 4.39 Å². The Morgan fingerprint density at radius 3 is 2.57 bits per heavy atom. The van der Waals surface area contributed by atoms with E-state index in [0.717, 1.165) is 45.1 Å². The number of rotatable bonds is 5. The summed E-state index contributed by atoms with van der Waals surface area (Å²) in [7, 11) is 0. The lowest BCUT2D eigenvalue weighted by molar-refractivity contribution is -0.210.